The van der Waals surface area contributed by atoms with Crippen molar-refractivity contribution in [3.63, 3.8) is 0 Å². The molecule has 2 aromatic rings. The van der Waals surface area contributed by atoms with Gasteiger partial charge in [0.1, 0.15) is 0 Å². The predicted octanol–water partition coefficient (Wildman–Crippen LogP) is 3.15. The van der Waals surface area contributed by atoms with Gasteiger partial charge in [-0.1, -0.05) is 30.3 Å². The second kappa shape index (κ2) is 11.9. The van der Waals surface area contributed by atoms with Gasteiger partial charge in [-0.3, -0.25) is 4.68 Å². The summed E-state index contributed by atoms with van der Waals surface area (Å²) in [5.41, 5.74) is 4.64. The van der Waals surface area contributed by atoms with Crippen LogP contribution in [0, 0.1) is 19.8 Å². The van der Waals surface area contributed by atoms with Crippen molar-refractivity contribution in [1.29, 1.82) is 0 Å². The number of nitrogens with one attached hydrogen (secondary N) is 1. The molecule has 0 radical (unpaired) electrons. The number of ether oxygens (including phenoxy) is 2. The molecule has 1 fully saturated rings. The fourth-order valence-electron chi connectivity index (χ4n) is 4.02. The highest BCUT2D eigenvalue weighted by Crippen LogP contribution is 2.19. The minimum absolute atomic E-state index is 0.535. The number of aryl methyl sites for hydroxylation is 1. The molecule has 170 valence electrons. The highest BCUT2D eigenvalue weighted by molar-refractivity contribution is 5.80. The normalized spacial score (nSPS) is 16.8. The second-order valence-corrected chi connectivity index (χ2v) is 8.14. The first-order valence-corrected chi connectivity index (χ1v) is 11.3. The molecular formula is C24H37N5O2. The molecule has 1 N–H and O–H groups in total. The Kier molecular flexibility index (Phi) is 8.91. The van der Waals surface area contributed by atoms with Gasteiger partial charge in [0, 0.05) is 43.9 Å². The van der Waals surface area contributed by atoms with Gasteiger partial charge in [0.05, 0.1) is 38.6 Å². The highest BCUT2D eigenvalue weighted by atomic mass is 16.5. The number of aromatic nitrogens is 2. The molecule has 0 aliphatic carbocycles. The molecule has 0 amide bonds. The van der Waals surface area contributed by atoms with Crippen molar-refractivity contribution in [1.82, 2.24) is 20.0 Å². The molecule has 1 unspecified atom stereocenters. The van der Waals surface area contributed by atoms with E-state index in [0.717, 1.165) is 50.9 Å². The van der Waals surface area contributed by atoms with Crippen LogP contribution in [-0.2, 0) is 29.2 Å². The molecule has 3 rings (SSSR count). The minimum atomic E-state index is 0.535. The van der Waals surface area contributed by atoms with Gasteiger partial charge in [0.2, 0.25) is 0 Å². The van der Waals surface area contributed by atoms with Gasteiger partial charge in [0.25, 0.3) is 0 Å². The lowest BCUT2D eigenvalue weighted by Crippen LogP contribution is -2.40. The van der Waals surface area contributed by atoms with Crippen LogP contribution in [0.4, 0.5) is 0 Å². The maximum absolute atomic E-state index is 5.98. The third-order valence-electron chi connectivity index (χ3n) is 5.81. The Labute approximate surface area is 186 Å². The number of methoxy groups -OCH3 is 1. The van der Waals surface area contributed by atoms with E-state index in [-0.39, 0.29) is 0 Å². The van der Waals surface area contributed by atoms with E-state index < -0.39 is 0 Å². The first-order valence-electron chi connectivity index (χ1n) is 11.3. The van der Waals surface area contributed by atoms with Crippen LogP contribution in [0.1, 0.15) is 35.9 Å². The summed E-state index contributed by atoms with van der Waals surface area (Å²) in [6.45, 7) is 12.7. The molecule has 0 spiro atoms. The molecule has 1 aromatic carbocycles. The monoisotopic (exact) mass is 427 g/mol. The third-order valence-corrected chi connectivity index (χ3v) is 5.81. The molecule has 2 heterocycles. The van der Waals surface area contributed by atoms with Gasteiger partial charge in [-0.2, -0.15) is 5.10 Å². The van der Waals surface area contributed by atoms with Crippen molar-refractivity contribution >= 4 is 5.96 Å². The Hall–Kier alpha value is -2.38. The molecule has 0 saturated carbocycles. The summed E-state index contributed by atoms with van der Waals surface area (Å²) in [4.78, 5) is 7.31. The first kappa shape index (κ1) is 23.3. The van der Waals surface area contributed by atoms with Crippen LogP contribution in [0.25, 0.3) is 0 Å². The standard InChI is InChI=1S/C24H37N5O2/c1-5-25-24(26-15-23-19(2)27-29(20(23)3)13-14-30-4)28-12-11-22(16-28)18-31-17-21-9-7-6-8-10-21/h6-10,22H,5,11-18H2,1-4H3,(H,25,26). The summed E-state index contributed by atoms with van der Waals surface area (Å²) in [5, 5.41) is 8.12. The van der Waals surface area contributed by atoms with E-state index in [1.165, 1.54) is 16.8 Å². The smallest absolute Gasteiger partial charge is 0.194 e. The molecule has 7 nitrogen and oxygen atoms in total. The molecule has 1 atom stereocenters. The number of benzene rings is 1. The van der Waals surface area contributed by atoms with Crippen molar-refractivity contribution in [2.75, 3.05) is 40.0 Å². The van der Waals surface area contributed by atoms with Crippen molar-refractivity contribution in [2.45, 2.75) is 46.9 Å². The SMILES string of the molecule is CCNC(=NCc1c(C)nn(CCOC)c1C)N1CCC(COCc2ccccc2)C1. The van der Waals surface area contributed by atoms with Gasteiger partial charge in [-0.05, 0) is 32.8 Å². The minimum Gasteiger partial charge on any atom is -0.383 e. The Morgan fingerprint density at radius 2 is 2.06 bits per heavy atom. The van der Waals surface area contributed by atoms with Crippen LogP contribution < -0.4 is 5.32 Å². The van der Waals surface area contributed by atoms with Crippen molar-refractivity contribution in [2.24, 2.45) is 10.9 Å². The van der Waals surface area contributed by atoms with Crippen LogP contribution in [0.3, 0.4) is 0 Å². The quantitative estimate of drug-likeness (QED) is 0.466. The number of aliphatic imine (C=N–C) groups is 1. The zero-order valence-electron chi connectivity index (χ0n) is 19.4. The van der Waals surface area contributed by atoms with Gasteiger partial charge < -0.3 is 19.7 Å². The summed E-state index contributed by atoms with van der Waals surface area (Å²) in [6.07, 6.45) is 1.13. The summed E-state index contributed by atoms with van der Waals surface area (Å²) in [5.74, 6) is 1.52. The van der Waals surface area contributed by atoms with E-state index in [4.69, 9.17) is 14.5 Å². The number of likely N-dealkylation sites (tertiary alicyclic amines) is 1. The molecule has 1 aromatic heterocycles. The van der Waals surface area contributed by atoms with E-state index >= 15 is 0 Å². The Morgan fingerprint density at radius 1 is 1.26 bits per heavy atom. The zero-order valence-corrected chi connectivity index (χ0v) is 19.4. The maximum Gasteiger partial charge on any atom is 0.194 e. The number of guanidine groups is 1. The van der Waals surface area contributed by atoms with Crippen LogP contribution in [0.2, 0.25) is 0 Å². The average Bonchev–Trinajstić information content (AvgIpc) is 3.35. The molecule has 1 aliphatic heterocycles. The van der Waals surface area contributed by atoms with Crippen LogP contribution in [0.5, 0.6) is 0 Å². The molecule has 1 saturated heterocycles. The number of rotatable bonds is 10. The average molecular weight is 428 g/mol. The molecule has 0 bridgehead atoms. The summed E-state index contributed by atoms with van der Waals surface area (Å²) >= 11 is 0. The zero-order chi connectivity index (χ0) is 22.1. The lowest BCUT2D eigenvalue weighted by Gasteiger charge is -2.21. The van der Waals surface area contributed by atoms with E-state index in [9.17, 15) is 0 Å². The molecular weight excluding hydrogens is 390 g/mol. The van der Waals surface area contributed by atoms with Crippen molar-refractivity contribution in [3.8, 4) is 0 Å². The largest absolute Gasteiger partial charge is 0.383 e. The summed E-state index contributed by atoms with van der Waals surface area (Å²) < 4.78 is 13.2. The Bertz CT molecular complexity index is 834. The van der Waals surface area contributed by atoms with E-state index in [0.29, 0.717) is 25.7 Å². The second-order valence-electron chi connectivity index (χ2n) is 8.14. The van der Waals surface area contributed by atoms with Crippen molar-refractivity contribution in [3.05, 3.63) is 52.8 Å². The van der Waals surface area contributed by atoms with Gasteiger partial charge >= 0.3 is 0 Å². The number of hydrogen-bond acceptors (Lipinski definition) is 4. The fourth-order valence-corrected chi connectivity index (χ4v) is 4.02. The van der Waals surface area contributed by atoms with Crippen LogP contribution in [-0.4, -0.2) is 60.6 Å². The van der Waals surface area contributed by atoms with Gasteiger partial charge in [-0.25, -0.2) is 4.99 Å². The third kappa shape index (κ3) is 6.55. The number of nitrogens with zero attached hydrogens (tertiary/aromatic N) is 4. The van der Waals surface area contributed by atoms with Crippen LogP contribution >= 0.6 is 0 Å². The molecule has 31 heavy (non-hydrogen) atoms. The topological polar surface area (TPSA) is 63.9 Å². The lowest BCUT2D eigenvalue weighted by atomic mass is 10.1. The number of hydrogen-bond donors (Lipinski definition) is 1. The first-order chi connectivity index (χ1) is 15.1. The van der Waals surface area contributed by atoms with Gasteiger partial charge in [-0.15, -0.1) is 0 Å². The van der Waals surface area contributed by atoms with Crippen LogP contribution in [0.15, 0.2) is 35.3 Å². The lowest BCUT2D eigenvalue weighted by molar-refractivity contribution is 0.0906. The fraction of sp³-hybridized carbons (Fsp3) is 0.583. The molecule has 1 aliphatic rings. The molecule has 7 heteroatoms. The summed E-state index contributed by atoms with van der Waals surface area (Å²) in [7, 11) is 1.72. The maximum atomic E-state index is 5.98. The Balaban J connectivity index is 1.55. The van der Waals surface area contributed by atoms with E-state index in [1.54, 1.807) is 7.11 Å². The highest BCUT2D eigenvalue weighted by Gasteiger charge is 2.25. The Morgan fingerprint density at radius 3 is 2.81 bits per heavy atom. The van der Waals surface area contributed by atoms with E-state index in [1.807, 2.05) is 10.7 Å². The van der Waals surface area contributed by atoms with Gasteiger partial charge in [0.15, 0.2) is 5.96 Å². The van der Waals surface area contributed by atoms with E-state index in [2.05, 4.69) is 60.4 Å². The summed E-state index contributed by atoms with van der Waals surface area (Å²) in [6, 6.07) is 10.4. The van der Waals surface area contributed by atoms with Crippen molar-refractivity contribution < 1.29 is 9.47 Å². The predicted molar refractivity (Wildman–Crippen MR) is 124 cm³/mol.